The molecule has 0 spiro atoms. The van der Waals surface area contributed by atoms with Crippen molar-refractivity contribution in [1.29, 1.82) is 0 Å². The van der Waals surface area contributed by atoms with Crippen molar-refractivity contribution in [2.24, 2.45) is 7.05 Å². The van der Waals surface area contributed by atoms with E-state index in [1.165, 1.54) is 10.9 Å². The molecule has 84 valence electrons. The van der Waals surface area contributed by atoms with Crippen LogP contribution in [-0.4, -0.2) is 25.6 Å². The SMILES string of the molecule is Cn1ncc(Cl)c1C(O)C1(O)CCCC1. The maximum atomic E-state index is 10.2. The predicted molar refractivity (Wildman–Crippen MR) is 56.6 cm³/mol. The Balaban J connectivity index is 2.31. The Kier molecular flexibility index (Phi) is 2.75. The van der Waals surface area contributed by atoms with Crippen LogP contribution in [0.4, 0.5) is 0 Å². The van der Waals surface area contributed by atoms with Gasteiger partial charge >= 0.3 is 0 Å². The van der Waals surface area contributed by atoms with E-state index < -0.39 is 11.7 Å². The number of aliphatic hydroxyl groups excluding tert-OH is 1. The third-order valence-electron chi connectivity index (χ3n) is 3.17. The minimum absolute atomic E-state index is 0.408. The summed E-state index contributed by atoms with van der Waals surface area (Å²) in [4.78, 5) is 0. The smallest absolute Gasteiger partial charge is 0.126 e. The first-order chi connectivity index (χ1) is 7.04. The molecule has 5 heteroatoms. The second-order valence-electron chi connectivity index (χ2n) is 4.21. The number of aryl methyl sites for hydroxylation is 1. The van der Waals surface area contributed by atoms with E-state index in [2.05, 4.69) is 5.10 Å². The molecule has 1 aromatic heterocycles. The monoisotopic (exact) mass is 230 g/mol. The van der Waals surface area contributed by atoms with Gasteiger partial charge < -0.3 is 10.2 Å². The molecule has 0 saturated heterocycles. The minimum atomic E-state index is -1.03. The quantitative estimate of drug-likeness (QED) is 0.808. The lowest BCUT2D eigenvalue weighted by Crippen LogP contribution is -2.34. The highest BCUT2D eigenvalue weighted by Crippen LogP contribution is 2.41. The molecule has 15 heavy (non-hydrogen) atoms. The number of aliphatic hydroxyl groups is 2. The third-order valence-corrected chi connectivity index (χ3v) is 3.47. The van der Waals surface area contributed by atoms with Gasteiger partial charge in [0.1, 0.15) is 6.10 Å². The van der Waals surface area contributed by atoms with E-state index in [1.807, 2.05) is 0 Å². The van der Waals surface area contributed by atoms with Gasteiger partial charge in [-0.25, -0.2) is 0 Å². The molecular weight excluding hydrogens is 216 g/mol. The number of rotatable bonds is 2. The van der Waals surface area contributed by atoms with Gasteiger partial charge in [-0.05, 0) is 12.8 Å². The second kappa shape index (κ2) is 3.77. The first-order valence-corrected chi connectivity index (χ1v) is 5.50. The Labute approximate surface area is 93.5 Å². The standard InChI is InChI=1S/C10H15ClN2O2/c1-13-8(7(11)6-12-13)9(14)10(15)4-2-3-5-10/h6,9,14-15H,2-5H2,1H3. The Morgan fingerprint density at radius 1 is 1.53 bits per heavy atom. The van der Waals surface area contributed by atoms with E-state index in [1.54, 1.807) is 7.05 Å². The van der Waals surface area contributed by atoms with E-state index >= 15 is 0 Å². The van der Waals surface area contributed by atoms with Crippen LogP contribution < -0.4 is 0 Å². The summed E-state index contributed by atoms with van der Waals surface area (Å²) in [5.41, 5.74) is -0.529. The van der Waals surface area contributed by atoms with E-state index in [9.17, 15) is 10.2 Å². The van der Waals surface area contributed by atoms with Crippen molar-refractivity contribution in [1.82, 2.24) is 9.78 Å². The van der Waals surface area contributed by atoms with Crippen LogP contribution in [0.25, 0.3) is 0 Å². The van der Waals surface area contributed by atoms with Gasteiger partial charge in [0.25, 0.3) is 0 Å². The van der Waals surface area contributed by atoms with Gasteiger partial charge in [0, 0.05) is 7.05 Å². The van der Waals surface area contributed by atoms with Gasteiger partial charge in [-0.1, -0.05) is 24.4 Å². The number of aromatic nitrogens is 2. The maximum Gasteiger partial charge on any atom is 0.126 e. The molecule has 1 heterocycles. The molecule has 0 aliphatic heterocycles. The van der Waals surface area contributed by atoms with Crippen LogP contribution in [0.2, 0.25) is 5.02 Å². The maximum absolute atomic E-state index is 10.2. The fraction of sp³-hybridized carbons (Fsp3) is 0.700. The fourth-order valence-electron chi connectivity index (χ4n) is 2.24. The van der Waals surface area contributed by atoms with E-state index in [-0.39, 0.29) is 0 Å². The fourth-order valence-corrected chi connectivity index (χ4v) is 2.51. The molecule has 1 saturated carbocycles. The Morgan fingerprint density at radius 2 is 2.13 bits per heavy atom. The summed E-state index contributed by atoms with van der Waals surface area (Å²) in [5.74, 6) is 0. The van der Waals surface area contributed by atoms with Crippen molar-refractivity contribution in [2.75, 3.05) is 0 Å². The number of halogens is 1. The topological polar surface area (TPSA) is 58.3 Å². The number of nitrogens with zero attached hydrogens (tertiary/aromatic N) is 2. The highest BCUT2D eigenvalue weighted by atomic mass is 35.5. The minimum Gasteiger partial charge on any atom is -0.387 e. The first-order valence-electron chi connectivity index (χ1n) is 5.12. The molecule has 1 atom stereocenters. The highest BCUT2D eigenvalue weighted by molar-refractivity contribution is 6.31. The van der Waals surface area contributed by atoms with Gasteiger partial charge in [0.05, 0.1) is 22.5 Å². The van der Waals surface area contributed by atoms with Crippen molar-refractivity contribution >= 4 is 11.6 Å². The van der Waals surface area contributed by atoms with E-state index in [0.29, 0.717) is 23.6 Å². The molecule has 1 unspecified atom stereocenters. The van der Waals surface area contributed by atoms with Crippen LogP contribution in [-0.2, 0) is 7.05 Å². The van der Waals surface area contributed by atoms with Crippen LogP contribution in [0.3, 0.4) is 0 Å². The lowest BCUT2D eigenvalue weighted by Gasteiger charge is -2.28. The lowest BCUT2D eigenvalue weighted by atomic mass is 9.92. The zero-order valence-corrected chi connectivity index (χ0v) is 9.41. The molecule has 0 aromatic carbocycles. The average molecular weight is 231 g/mol. The summed E-state index contributed by atoms with van der Waals surface area (Å²) in [6.07, 6.45) is 3.68. The third kappa shape index (κ3) is 1.77. The summed E-state index contributed by atoms with van der Waals surface area (Å²) in [6.45, 7) is 0. The Morgan fingerprint density at radius 3 is 2.60 bits per heavy atom. The molecule has 0 amide bonds. The molecule has 4 nitrogen and oxygen atoms in total. The summed E-state index contributed by atoms with van der Waals surface area (Å²) >= 11 is 5.93. The summed E-state index contributed by atoms with van der Waals surface area (Å²) in [6, 6.07) is 0. The van der Waals surface area contributed by atoms with Gasteiger partial charge in [0.2, 0.25) is 0 Å². The zero-order valence-electron chi connectivity index (χ0n) is 8.65. The van der Waals surface area contributed by atoms with Crippen LogP contribution in [0.5, 0.6) is 0 Å². The number of hydrogen-bond acceptors (Lipinski definition) is 3. The molecule has 1 aromatic rings. The summed E-state index contributed by atoms with van der Waals surface area (Å²) in [7, 11) is 1.71. The summed E-state index contributed by atoms with van der Waals surface area (Å²) < 4.78 is 1.52. The Bertz CT molecular complexity index is 339. The highest BCUT2D eigenvalue weighted by Gasteiger charge is 2.41. The van der Waals surface area contributed by atoms with Crippen LogP contribution in [0, 0.1) is 0 Å². The molecule has 2 rings (SSSR count). The molecule has 1 aliphatic rings. The van der Waals surface area contributed by atoms with Gasteiger partial charge in [-0.15, -0.1) is 0 Å². The summed E-state index contributed by atoms with van der Waals surface area (Å²) in [5, 5.41) is 24.7. The second-order valence-corrected chi connectivity index (χ2v) is 4.62. The zero-order chi connectivity index (χ0) is 11.1. The predicted octanol–water partition coefficient (Wildman–Crippen LogP) is 1.41. The van der Waals surface area contributed by atoms with Crippen molar-refractivity contribution < 1.29 is 10.2 Å². The lowest BCUT2D eigenvalue weighted by molar-refractivity contribution is -0.0752. The van der Waals surface area contributed by atoms with Gasteiger partial charge in [-0.2, -0.15) is 5.10 Å². The molecule has 0 bridgehead atoms. The molecule has 2 N–H and O–H groups in total. The molecule has 1 fully saturated rings. The van der Waals surface area contributed by atoms with Crippen molar-refractivity contribution in [3.63, 3.8) is 0 Å². The van der Waals surface area contributed by atoms with Crippen molar-refractivity contribution in [3.8, 4) is 0 Å². The Hall–Kier alpha value is -0.580. The van der Waals surface area contributed by atoms with E-state index in [0.717, 1.165) is 12.8 Å². The average Bonchev–Trinajstić information content (AvgIpc) is 2.75. The molecule has 1 aliphatic carbocycles. The van der Waals surface area contributed by atoms with E-state index in [4.69, 9.17) is 11.6 Å². The van der Waals surface area contributed by atoms with Crippen LogP contribution in [0.1, 0.15) is 37.5 Å². The van der Waals surface area contributed by atoms with Gasteiger partial charge in [-0.3, -0.25) is 4.68 Å². The first kappa shape index (κ1) is 10.9. The molecule has 0 radical (unpaired) electrons. The van der Waals surface area contributed by atoms with Crippen LogP contribution >= 0.6 is 11.6 Å². The molecular formula is C10H15ClN2O2. The van der Waals surface area contributed by atoms with Crippen LogP contribution in [0.15, 0.2) is 6.20 Å². The van der Waals surface area contributed by atoms with Crippen molar-refractivity contribution in [2.45, 2.75) is 37.4 Å². The largest absolute Gasteiger partial charge is 0.387 e. The number of hydrogen-bond donors (Lipinski definition) is 2. The van der Waals surface area contributed by atoms with Crippen molar-refractivity contribution in [3.05, 3.63) is 16.9 Å². The van der Waals surface area contributed by atoms with Gasteiger partial charge in [0.15, 0.2) is 0 Å². The normalized spacial score (nSPS) is 21.9.